The Balaban J connectivity index is 0.00000104. The quantitative estimate of drug-likeness (QED) is 0.103. The number of nitrogens with one attached hydrogen (secondary N) is 7. The van der Waals surface area contributed by atoms with Gasteiger partial charge in [-0.05, 0) is 24.3 Å². The van der Waals surface area contributed by atoms with Gasteiger partial charge in [0.05, 0.1) is 9.79 Å². The van der Waals surface area contributed by atoms with Crippen molar-refractivity contribution in [3.8, 4) is 0 Å². The maximum atomic E-state index is 11.9. The molecule has 0 atom stereocenters. The maximum Gasteiger partial charge on any atom is 0.355 e. The first kappa shape index (κ1) is 28.0. The predicted octanol–water partition coefficient (Wildman–Crippen LogP) is -2.25. The third-order valence-corrected chi connectivity index (χ3v) is 5.66. The van der Waals surface area contributed by atoms with Crippen LogP contribution in [0.15, 0.2) is 70.5 Å². The number of carbonyl (C=O) groups excluding carboxylic acids is 3. The van der Waals surface area contributed by atoms with Crippen LogP contribution in [0.25, 0.3) is 0 Å². The van der Waals surface area contributed by atoms with Crippen LogP contribution in [0.1, 0.15) is 0 Å². The van der Waals surface area contributed by atoms with Gasteiger partial charge in [-0.2, -0.15) is 15.9 Å². The van der Waals surface area contributed by atoms with Gasteiger partial charge in [0.15, 0.2) is 0 Å². The Kier molecular flexibility index (Phi) is 11.1. The van der Waals surface area contributed by atoms with E-state index in [2.05, 4.69) is 16.5 Å². The molecule has 17 nitrogen and oxygen atoms in total. The smallest absolute Gasteiger partial charge is 0.351 e. The lowest BCUT2D eigenvalue weighted by molar-refractivity contribution is 0.00361. The number of amides is 6. The number of urea groups is 3. The molecule has 0 radical (unpaired) electrons. The minimum Gasteiger partial charge on any atom is -0.351 e. The number of sulfonamides is 2. The van der Waals surface area contributed by atoms with Crippen molar-refractivity contribution in [3.63, 3.8) is 0 Å². The minimum atomic E-state index is -4.00. The normalized spacial score (nSPS) is 10.6. The maximum absolute atomic E-state index is 11.9. The zero-order valence-electron chi connectivity index (χ0n) is 17.0. The third-order valence-electron chi connectivity index (χ3n) is 3.13. The highest BCUT2D eigenvalue weighted by molar-refractivity contribution is 7.89. The molecule has 0 saturated heterocycles. The molecule has 0 aliphatic carbocycles. The number of carbonyl (C=O) groups is 3. The fourth-order valence-electron chi connectivity index (χ4n) is 1.71. The van der Waals surface area contributed by atoms with Crippen LogP contribution in [0.2, 0.25) is 0 Å². The van der Waals surface area contributed by atoms with Gasteiger partial charge in [-0.3, -0.25) is 16.3 Å². The van der Waals surface area contributed by atoms with Crippen LogP contribution in [0.4, 0.5) is 14.4 Å². The number of hydrazine groups is 3. The second-order valence-electron chi connectivity index (χ2n) is 5.56. The Morgan fingerprint density at radius 1 is 0.676 bits per heavy atom. The average Bonchev–Trinajstić information content (AvgIpc) is 2.83. The predicted molar refractivity (Wildman–Crippen MR) is 115 cm³/mol. The van der Waals surface area contributed by atoms with Gasteiger partial charge in [-0.15, -0.1) is 9.66 Å². The largest absolute Gasteiger partial charge is 0.355 e. The molecule has 11 N–H and O–H groups in total. The molecule has 0 aromatic heterocycles. The molecule has 2 aromatic carbocycles. The lowest BCUT2D eigenvalue weighted by Gasteiger charge is -2.11. The number of rotatable bonds is 8. The molecule has 19 heteroatoms. The molecule has 0 spiro atoms. The van der Waals surface area contributed by atoms with E-state index in [1.165, 1.54) is 48.5 Å². The van der Waals surface area contributed by atoms with Crippen molar-refractivity contribution in [2.75, 3.05) is 0 Å². The van der Waals surface area contributed by atoms with Crippen molar-refractivity contribution in [2.45, 2.75) is 9.79 Å². The van der Waals surface area contributed by atoms with Crippen molar-refractivity contribution in [1.82, 2.24) is 36.9 Å². The minimum absolute atomic E-state index is 0.0931. The van der Waals surface area contributed by atoms with Crippen molar-refractivity contribution < 1.29 is 36.2 Å². The molecule has 2 aromatic rings. The van der Waals surface area contributed by atoms with Crippen molar-refractivity contribution >= 4 is 38.1 Å². The van der Waals surface area contributed by atoms with Gasteiger partial charge in [0, 0.05) is 0 Å². The van der Waals surface area contributed by atoms with Gasteiger partial charge >= 0.3 is 18.1 Å². The van der Waals surface area contributed by atoms with Crippen LogP contribution in [0, 0.1) is 0 Å². The third kappa shape index (κ3) is 10.5. The van der Waals surface area contributed by atoms with Gasteiger partial charge in [0.1, 0.15) is 0 Å². The Morgan fingerprint density at radius 2 is 1.00 bits per heavy atom. The molecule has 186 valence electrons. The Bertz CT molecular complexity index is 1080. The summed E-state index contributed by atoms with van der Waals surface area (Å²) in [6.45, 7) is 0. The lowest BCUT2D eigenvalue weighted by Crippen LogP contribution is -2.51. The van der Waals surface area contributed by atoms with Crippen LogP contribution in [0.5, 0.6) is 0 Å². The molecule has 0 unspecified atom stereocenters. The van der Waals surface area contributed by atoms with E-state index in [1.807, 2.05) is 0 Å². The summed E-state index contributed by atoms with van der Waals surface area (Å²) in [5.74, 6) is 4.45. The zero-order chi connectivity index (χ0) is 25.6. The second-order valence-corrected chi connectivity index (χ2v) is 8.92. The van der Waals surface area contributed by atoms with E-state index in [0.717, 1.165) is 0 Å². The van der Waals surface area contributed by atoms with E-state index < -0.39 is 38.1 Å². The fraction of sp³-hybridized carbons (Fsp3) is 0. The SMILES string of the molecule is NNC(N)=O.O=C(NNS(=O)(=O)c1ccccc1)NONC(=O)NNS(=O)(=O)c1ccccc1. The highest BCUT2D eigenvalue weighted by atomic mass is 32.2. The van der Waals surface area contributed by atoms with Crippen molar-refractivity contribution in [3.05, 3.63) is 60.7 Å². The van der Waals surface area contributed by atoms with Gasteiger partial charge in [-0.25, -0.2) is 37.1 Å². The van der Waals surface area contributed by atoms with Crippen LogP contribution >= 0.6 is 0 Å². The molecular formula is C15H21N9O8S2. The summed E-state index contributed by atoms with van der Waals surface area (Å²) in [7, 11) is -8.00. The molecule has 34 heavy (non-hydrogen) atoms. The summed E-state index contributed by atoms with van der Waals surface area (Å²) in [6.07, 6.45) is 0. The van der Waals surface area contributed by atoms with E-state index in [1.54, 1.807) is 49.0 Å². The van der Waals surface area contributed by atoms with Crippen molar-refractivity contribution in [1.29, 1.82) is 0 Å². The monoisotopic (exact) mass is 519 g/mol. The number of hydroxylamine groups is 2. The Morgan fingerprint density at radius 3 is 1.29 bits per heavy atom. The van der Waals surface area contributed by atoms with E-state index in [-0.39, 0.29) is 9.79 Å². The number of hydrogen-bond acceptors (Lipinski definition) is 9. The molecule has 0 bridgehead atoms. The number of hydrogen-bond donors (Lipinski definition) is 9. The Hall–Kier alpha value is -4.01. The molecule has 0 fully saturated rings. The van der Waals surface area contributed by atoms with Crippen LogP contribution < -0.4 is 48.5 Å². The second kappa shape index (κ2) is 13.5. The van der Waals surface area contributed by atoms with E-state index in [4.69, 9.17) is 0 Å². The summed E-state index contributed by atoms with van der Waals surface area (Å²) >= 11 is 0. The van der Waals surface area contributed by atoms with E-state index >= 15 is 0 Å². The van der Waals surface area contributed by atoms with Gasteiger partial charge in [0.2, 0.25) is 0 Å². The summed E-state index contributed by atoms with van der Waals surface area (Å²) in [6, 6.07) is 11.4. The van der Waals surface area contributed by atoms with Crippen molar-refractivity contribution in [2.24, 2.45) is 11.6 Å². The number of primary amides is 1. The highest BCUT2D eigenvalue weighted by Gasteiger charge is 2.16. The zero-order valence-corrected chi connectivity index (χ0v) is 18.6. The average molecular weight is 520 g/mol. The molecular weight excluding hydrogens is 498 g/mol. The van der Waals surface area contributed by atoms with Crippen LogP contribution in [-0.2, 0) is 25.0 Å². The Labute approximate surface area is 193 Å². The summed E-state index contributed by atoms with van der Waals surface area (Å²) in [5.41, 5.74) is 12.9. The van der Waals surface area contributed by atoms with E-state index in [0.29, 0.717) is 0 Å². The standard InChI is InChI=1S/C14H16N6O7S2.CH5N3O/c21-13(15-19-28(23,24)11-7-3-1-4-8-11)17-27-18-14(22)16-20-29(25,26)12-9-5-2-6-10-12;2-1(5)4-3/h1-10,19-20H,(H2,15,17,21)(H2,16,18,22);3H2,(H3,2,4,5). The first-order chi connectivity index (χ1) is 16.0. The number of nitrogens with two attached hydrogens (primary N) is 2. The van der Waals surface area contributed by atoms with Crippen LogP contribution in [-0.4, -0.2) is 34.9 Å². The van der Waals surface area contributed by atoms with Gasteiger partial charge in [0.25, 0.3) is 20.0 Å². The topological polar surface area (TPSA) is 265 Å². The fourth-order valence-corrected chi connectivity index (χ4v) is 3.43. The summed E-state index contributed by atoms with van der Waals surface area (Å²) in [5, 5.41) is 0. The first-order valence-electron chi connectivity index (χ1n) is 8.65. The first-order valence-corrected chi connectivity index (χ1v) is 11.6. The van der Waals surface area contributed by atoms with Gasteiger partial charge in [-0.1, -0.05) is 36.4 Å². The molecule has 0 heterocycles. The lowest BCUT2D eigenvalue weighted by atomic mass is 10.4. The van der Waals surface area contributed by atoms with Crippen LogP contribution in [0.3, 0.4) is 0 Å². The summed E-state index contributed by atoms with van der Waals surface area (Å²) < 4.78 is 47.5. The molecule has 2 rings (SSSR count). The molecule has 0 aliphatic heterocycles. The van der Waals surface area contributed by atoms with E-state index in [9.17, 15) is 31.2 Å². The molecule has 0 saturated carbocycles. The highest BCUT2D eigenvalue weighted by Crippen LogP contribution is 2.06. The van der Waals surface area contributed by atoms with Gasteiger partial charge < -0.3 is 5.73 Å². The summed E-state index contributed by atoms with van der Waals surface area (Å²) in [4.78, 5) is 39.9. The molecule has 0 aliphatic rings. The number of benzene rings is 2. The molecule has 6 amide bonds.